The predicted octanol–water partition coefficient (Wildman–Crippen LogP) is 1.43. The van der Waals surface area contributed by atoms with E-state index in [0.717, 1.165) is 10.8 Å². The fourth-order valence-corrected chi connectivity index (χ4v) is 1.96. The van der Waals surface area contributed by atoms with Crippen molar-refractivity contribution >= 4 is 22.6 Å². The van der Waals surface area contributed by atoms with E-state index in [0.29, 0.717) is 30.5 Å². The highest BCUT2D eigenvalue weighted by Gasteiger charge is 2.14. The van der Waals surface area contributed by atoms with Gasteiger partial charge in [-0.25, -0.2) is 15.3 Å². The lowest BCUT2D eigenvalue weighted by atomic mass is 10.1. The van der Waals surface area contributed by atoms with E-state index in [1.807, 2.05) is 12.1 Å². The van der Waals surface area contributed by atoms with Gasteiger partial charge in [0, 0.05) is 11.6 Å². The average molecular weight is 276 g/mol. The molecule has 0 fully saturated rings. The fraction of sp³-hybridized carbons (Fsp3) is 0.231. The summed E-state index contributed by atoms with van der Waals surface area (Å²) >= 11 is 0. The molecular formula is C13H12N2O5. The highest BCUT2D eigenvalue weighted by Crippen LogP contribution is 2.36. The summed E-state index contributed by atoms with van der Waals surface area (Å²) in [6.45, 7) is 0.566. The van der Waals surface area contributed by atoms with E-state index in [1.165, 1.54) is 0 Å². The van der Waals surface area contributed by atoms with Crippen LogP contribution < -0.4 is 15.0 Å². The van der Waals surface area contributed by atoms with Crippen LogP contribution in [0.3, 0.4) is 0 Å². The number of nitrogens with one attached hydrogen (secondary N) is 1. The predicted molar refractivity (Wildman–Crippen MR) is 69.9 cm³/mol. The van der Waals surface area contributed by atoms with Crippen molar-refractivity contribution in [1.82, 2.24) is 4.98 Å². The zero-order valence-corrected chi connectivity index (χ0v) is 10.5. The number of carboxylic acid groups (broad SMARTS) is 1. The van der Waals surface area contributed by atoms with E-state index < -0.39 is 12.6 Å². The number of fused-ring (bicyclic) bond motifs is 2. The molecule has 104 valence electrons. The lowest BCUT2D eigenvalue weighted by molar-refractivity contribution is -0.141. The Balaban J connectivity index is 1.94. The van der Waals surface area contributed by atoms with Gasteiger partial charge in [-0.1, -0.05) is 0 Å². The Morgan fingerprint density at radius 2 is 2.10 bits per heavy atom. The summed E-state index contributed by atoms with van der Waals surface area (Å²) in [6, 6.07) is 5.48. The van der Waals surface area contributed by atoms with Gasteiger partial charge in [0.2, 0.25) is 0 Å². The second-order valence-corrected chi connectivity index (χ2v) is 4.16. The van der Waals surface area contributed by atoms with Crippen LogP contribution in [0, 0.1) is 0 Å². The number of pyridine rings is 1. The number of carbonyl (C=O) groups is 1. The number of carboxylic acids is 1. The molecule has 2 heterocycles. The summed E-state index contributed by atoms with van der Waals surface area (Å²) in [5, 5.41) is 10.2. The Kier molecular flexibility index (Phi) is 3.26. The van der Waals surface area contributed by atoms with Crippen LogP contribution in [0.25, 0.3) is 10.8 Å². The number of aliphatic carboxylic acids is 1. The number of anilines is 1. The van der Waals surface area contributed by atoms with E-state index in [-0.39, 0.29) is 0 Å². The number of benzene rings is 1. The molecule has 0 saturated carbocycles. The molecule has 1 aliphatic heterocycles. The number of nitrogens with zero attached hydrogens (tertiary/aromatic N) is 1. The van der Waals surface area contributed by atoms with E-state index in [1.54, 1.807) is 12.3 Å². The summed E-state index contributed by atoms with van der Waals surface area (Å²) in [6.07, 6.45) is 1.60. The lowest BCUT2D eigenvalue weighted by Gasteiger charge is -2.19. The van der Waals surface area contributed by atoms with Crippen LogP contribution in [-0.4, -0.2) is 35.9 Å². The minimum Gasteiger partial charge on any atom is -0.486 e. The molecule has 0 spiro atoms. The molecule has 0 aliphatic carbocycles. The van der Waals surface area contributed by atoms with Gasteiger partial charge >= 0.3 is 5.97 Å². The van der Waals surface area contributed by atoms with Gasteiger partial charge in [0.25, 0.3) is 0 Å². The first-order valence-corrected chi connectivity index (χ1v) is 6.02. The normalized spacial score (nSPS) is 13.2. The van der Waals surface area contributed by atoms with Gasteiger partial charge in [-0.2, -0.15) is 0 Å². The second-order valence-electron chi connectivity index (χ2n) is 4.16. The topological polar surface area (TPSA) is 89.9 Å². The molecule has 0 bridgehead atoms. The third kappa shape index (κ3) is 2.43. The number of hydrogen-bond acceptors (Lipinski definition) is 6. The van der Waals surface area contributed by atoms with Crippen LogP contribution in [0.4, 0.5) is 5.82 Å². The molecule has 2 aromatic rings. The second kappa shape index (κ2) is 5.22. The molecular weight excluding hydrogens is 264 g/mol. The quantitative estimate of drug-likeness (QED) is 0.816. The summed E-state index contributed by atoms with van der Waals surface area (Å²) in [5.74, 6) is 0.693. The lowest BCUT2D eigenvalue weighted by Crippen LogP contribution is -2.15. The maximum absolute atomic E-state index is 10.4. The van der Waals surface area contributed by atoms with Gasteiger partial charge in [-0.15, -0.1) is 0 Å². The van der Waals surface area contributed by atoms with Crippen molar-refractivity contribution in [2.75, 3.05) is 25.3 Å². The van der Waals surface area contributed by atoms with Gasteiger partial charge in [0.1, 0.15) is 13.2 Å². The first kappa shape index (κ1) is 12.5. The molecule has 0 atom stereocenters. The summed E-state index contributed by atoms with van der Waals surface area (Å²) in [5.41, 5.74) is 2.54. The largest absolute Gasteiger partial charge is 0.486 e. The summed E-state index contributed by atoms with van der Waals surface area (Å²) in [4.78, 5) is 19.4. The van der Waals surface area contributed by atoms with Crippen LogP contribution in [0.15, 0.2) is 24.4 Å². The van der Waals surface area contributed by atoms with E-state index in [9.17, 15) is 4.79 Å². The molecule has 0 amide bonds. The van der Waals surface area contributed by atoms with Gasteiger partial charge in [-0.3, -0.25) is 4.84 Å². The third-order valence-corrected chi connectivity index (χ3v) is 2.79. The monoisotopic (exact) mass is 276 g/mol. The van der Waals surface area contributed by atoms with Crippen molar-refractivity contribution in [2.24, 2.45) is 0 Å². The Morgan fingerprint density at radius 3 is 2.85 bits per heavy atom. The van der Waals surface area contributed by atoms with Gasteiger partial charge in [0.15, 0.2) is 23.9 Å². The van der Waals surface area contributed by atoms with Crippen LogP contribution in [-0.2, 0) is 9.63 Å². The van der Waals surface area contributed by atoms with Crippen molar-refractivity contribution < 1.29 is 24.2 Å². The number of rotatable bonds is 4. The molecule has 2 N–H and O–H groups in total. The Morgan fingerprint density at radius 1 is 1.35 bits per heavy atom. The first-order valence-electron chi connectivity index (χ1n) is 6.02. The Hall–Kier alpha value is -2.54. The van der Waals surface area contributed by atoms with Gasteiger partial charge in [-0.05, 0) is 23.6 Å². The van der Waals surface area contributed by atoms with Crippen molar-refractivity contribution in [2.45, 2.75) is 0 Å². The highest BCUT2D eigenvalue weighted by molar-refractivity contribution is 5.94. The molecule has 7 heteroatoms. The minimum atomic E-state index is -1.06. The molecule has 1 aromatic carbocycles. The molecule has 7 nitrogen and oxygen atoms in total. The van der Waals surface area contributed by atoms with Crippen LogP contribution in [0.5, 0.6) is 11.5 Å². The molecule has 3 rings (SSSR count). The Labute approximate surface area is 114 Å². The molecule has 0 radical (unpaired) electrons. The van der Waals surface area contributed by atoms with Crippen LogP contribution >= 0.6 is 0 Å². The standard InChI is InChI=1S/C13H12N2O5/c16-12(17)7-20-15-13-9-6-11-10(18-3-4-19-11)5-8(9)1-2-14-13/h1-2,5-6H,3-4,7H2,(H,14,15)(H,16,17). The van der Waals surface area contributed by atoms with Gasteiger partial charge in [0.05, 0.1) is 0 Å². The highest BCUT2D eigenvalue weighted by atomic mass is 16.7. The number of hydrogen-bond donors (Lipinski definition) is 2. The molecule has 0 unspecified atom stereocenters. The van der Waals surface area contributed by atoms with Gasteiger partial charge < -0.3 is 14.6 Å². The maximum Gasteiger partial charge on any atom is 0.332 e. The first-order chi connectivity index (χ1) is 9.74. The Bertz CT molecular complexity index is 658. The maximum atomic E-state index is 10.4. The zero-order chi connectivity index (χ0) is 13.9. The SMILES string of the molecule is O=C(O)CONc1nccc2cc3c(cc12)OCCO3. The number of ether oxygens (including phenoxy) is 2. The summed E-state index contributed by atoms with van der Waals surface area (Å²) < 4.78 is 11.0. The number of aromatic nitrogens is 1. The van der Waals surface area contributed by atoms with E-state index >= 15 is 0 Å². The third-order valence-electron chi connectivity index (χ3n) is 2.79. The van der Waals surface area contributed by atoms with E-state index in [2.05, 4.69) is 10.5 Å². The molecule has 0 saturated heterocycles. The van der Waals surface area contributed by atoms with Crippen molar-refractivity contribution in [3.8, 4) is 11.5 Å². The zero-order valence-electron chi connectivity index (χ0n) is 10.5. The van der Waals surface area contributed by atoms with Crippen LogP contribution in [0.2, 0.25) is 0 Å². The fourth-order valence-electron chi connectivity index (χ4n) is 1.96. The van der Waals surface area contributed by atoms with Crippen LogP contribution in [0.1, 0.15) is 0 Å². The van der Waals surface area contributed by atoms with Crippen molar-refractivity contribution in [3.05, 3.63) is 24.4 Å². The van der Waals surface area contributed by atoms with E-state index in [4.69, 9.17) is 19.4 Å². The van der Waals surface area contributed by atoms with Crippen molar-refractivity contribution in [3.63, 3.8) is 0 Å². The molecule has 20 heavy (non-hydrogen) atoms. The average Bonchev–Trinajstić information content (AvgIpc) is 2.45. The molecule has 1 aliphatic rings. The van der Waals surface area contributed by atoms with Crippen molar-refractivity contribution in [1.29, 1.82) is 0 Å². The minimum absolute atomic E-state index is 0.431. The summed E-state index contributed by atoms with van der Waals surface area (Å²) in [7, 11) is 0. The molecule has 1 aromatic heterocycles. The smallest absolute Gasteiger partial charge is 0.332 e.